The standard InChI is InChI=1S/C19H19NO4/c1-12-3-8-16(24-2)10-17(12)13-4-6-15(7-5-13)20-11-14(19(22)23)9-18(20)21/h3-8,10,14H,9,11H2,1-2H3,(H,22,23). The van der Waals surface area contributed by atoms with Crippen LogP contribution in [0.15, 0.2) is 42.5 Å². The zero-order chi connectivity index (χ0) is 17.3. The van der Waals surface area contributed by atoms with Gasteiger partial charge in [-0.25, -0.2) is 0 Å². The van der Waals surface area contributed by atoms with E-state index in [-0.39, 0.29) is 18.9 Å². The summed E-state index contributed by atoms with van der Waals surface area (Å²) in [6.07, 6.45) is 0.0616. The molecule has 0 spiro atoms. The highest BCUT2D eigenvalue weighted by Crippen LogP contribution is 2.31. The summed E-state index contributed by atoms with van der Waals surface area (Å²) in [6.45, 7) is 2.26. The number of carbonyl (C=O) groups excluding carboxylic acids is 1. The summed E-state index contributed by atoms with van der Waals surface area (Å²) in [5.41, 5.74) is 3.95. The normalized spacial score (nSPS) is 17.2. The second-order valence-electron chi connectivity index (χ2n) is 5.97. The van der Waals surface area contributed by atoms with Crippen molar-refractivity contribution in [3.05, 3.63) is 48.0 Å². The second kappa shape index (κ2) is 6.35. The van der Waals surface area contributed by atoms with Gasteiger partial charge in [0.05, 0.1) is 13.0 Å². The molecule has 1 heterocycles. The maximum absolute atomic E-state index is 12.0. The maximum Gasteiger partial charge on any atom is 0.308 e. The van der Waals surface area contributed by atoms with Crippen molar-refractivity contribution in [2.75, 3.05) is 18.6 Å². The Morgan fingerprint density at radius 2 is 1.92 bits per heavy atom. The van der Waals surface area contributed by atoms with Gasteiger partial charge in [-0.1, -0.05) is 18.2 Å². The Bertz CT molecular complexity index is 782. The van der Waals surface area contributed by atoms with Crippen LogP contribution >= 0.6 is 0 Å². The van der Waals surface area contributed by atoms with Crippen LogP contribution in [0.25, 0.3) is 11.1 Å². The number of rotatable bonds is 4. The molecule has 0 saturated carbocycles. The van der Waals surface area contributed by atoms with E-state index in [2.05, 4.69) is 0 Å². The molecule has 1 aliphatic rings. The number of nitrogens with zero attached hydrogens (tertiary/aromatic N) is 1. The molecule has 5 heteroatoms. The quantitative estimate of drug-likeness (QED) is 0.938. The molecule has 3 rings (SSSR count). The van der Waals surface area contributed by atoms with Crippen LogP contribution in [0.3, 0.4) is 0 Å². The van der Waals surface area contributed by atoms with Crippen LogP contribution in [0.5, 0.6) is 5.75 Å². The van der Waals surface area contributed by atoms with Crippen molar-refractivity contribution in [2.24, 2.45) is 5.92 Å². The lowest BCUT2D eigenvalue weighted by Crippen LogP contribution is -2.25. The topological polar surface area (TPSA) is 66.8 Å². The molecule has 1 amide bonds. The number of aliphatic carboxylic acids is 1. The summed E-state index contributed by atoms with van der Waals surface area (Å²) in [6, 6.07) is 13.5. The lowest BCUT2D eigenvalue weighted by atomic mass is 10.00. The summed E-state index contributed by atoms with van der Waals surface area (Å²) >= 11 is 0. The van der Waals surface area contributed by atoms with Crippen LogP contribution in [-0.2, 0) is 9.59 Å². The van der Waals surface area contributed by atoms with E-state index in [1.165, 1.54) is 0 Å². The molecule has 1 fully saturated rings. The summed E-state index contributed by atoms with van der Waals surface area (Å²) in [7, 11) is 1.63. The number of carboxylic acids is 1. The number of hydrogen-bond donors (Lipinski definition) is 1. The first-order valence-electron chi connectivity index (χ1n) is 7.78. The fraction of sp³-hybridized carbons (Fsp3) is 0.263. The van der Waals surface area contributed by atoms with E-state index in [4.69, 9.17) is 9.84 Å². The molecule has 124 valence electrons. The first kappa shape index (κ1) is 16.1. The molecule has 0 bridgehead atoms. The lowest BCUT2D eigenvalue weighted by Gasteiger charge is -2.17. The zero-order valence-electron chi connectivity index (χ0n) is 13.7. The van der Waals surface area contributed by atoms with Gasteiger partial charge in [-0.15, -0.1) is 0 Å². The first-order chi connectivity index (χ1) is 11.5. The summed E-state index contributed by atoms with van der Waals surface area (Å²) in [4.78, 5) is 24.6. The van der Waals surface area contributed by atoms with Crippen LogP contribution < -0.4 is 9.64 Å². The molecule has 0 radical (unpaired) electrons. The first-order valence-corrected chi connectivity index (χ1v) is 7.78. The van der Waals surface area contributed by atoms with Crippen molar-refractivity contribution >= 4 is 17.6 Å². The number of carboxylic acid groups (broad SMARTS) is 1. The van der Waals surface area contributed by atoms with Gasteiger partial charge in [-0.05, 0) is 47.9 Å². The van der Waals surface area contributed by atoms with Gasteiger partial charge >= 0.3 is 5.97 Å². The van der Waals surface area contributed by atoms with Crippen molar-refractivity contribution in [2.45, 2.75) is 13.3 Å². The number of aryl methyl sites for hydroxylation is 1. The van der Waals surface area contributed by atoms with Gasteiger partial charge in [0.15, 0.2) is 0 Å². The fourth-order valence-corrected chi connectivity index (χ4v) is 2.98. The minimum Gasteiger partial charge on any atom is -0.497 e. The number of benzene rings is 2. The molecule has 1 aliphatic heterocycles. The number of methoxy groups -OCH3 is 1. The smallest absolute Gasteiger partial charge is 0.308 e. The van der Waals surface area contributed by atoms with Crippen LogP contribution in [0.2, 0.25) is 0 Å². The maximum atomic E-state index is 12.0. The van der Waals surface area contributed by atoms with E-state index in [9.17, 15) is 9.59 Å². The van der Waals surface area contributed by atoms with E-state index < -0.39 is 11.9 Å². The van der Waals surface area contributed by atoms with Gasteiger partial charge in [0.25, 0.3) is 0 Å². The van der Waals surface area contributed by atoms with Crippen LogP contribution in [0, 0.1) is 12.8 Å². The van der Waals surface area contributed by atoms with Gasteiger partial charge in [0.1, 0.15) is 5.75 Å². The van der Waals surface area contributed by atoms with E-state index >= 15 is 0 Å². The molecule has 2 aromatic rings. The number of carbonyl (C=O) groups is 2. The van der Waals surface area contributed by atoms with E-state index in [0.29, 0.717) is 0 Å². The Kier molecular flexibility index (Phi) is 4.25. The fourth-order valence-electron chi connectivity index (χ4n) is 2.98. The highest BCUT2D eigenvalue weighted by molar-refractivity contribution is 5.99. The van der Waals surface area contributed by atoms with Gasteiger partial charge in [0, 0.05) is 18.7 Å². The molecule has 5 nitrogen and oxygen atoms in total. The second-order valence-corrected chi connectivity index (χ2v) is 5.97. The van der Waals surface area contributed by atoms with Gasteiger partial charge in [-0.3, -0.25) is 9.59 Å². The van der Waals surface area contributed by atoms with Crippen molar-refractivity contribution < 1.29 is 19.4 Å². The SMILES string of the molecule is COc1ccc(C)c(-c2ccc(N3CC(C(=O)O)CC3=O)cc2)c1. The summed E-state index contributed by atoms with van der Waals surface area (Å²) in [5, 5.41) is 9.08. The third-order valence-corrected chi connectivity index (χ3v) is 4.41. The van der Waals surface area contributed by atoms with Crippen LogP contribution in [0.4, 0.5) is 5.69 Å². The van der Waals surface area contributed by atoms with Crippen LogP contribution in [0.1, 0.15) is 12.0 Å². The lowest BCUT2D eigenvalue weighted by molar-refractivity contribution is -0.141. The summed E-state index contributed by atoms with van der Waals surface area (Å²) < 4.78 is 5.28. The number of ether oxygens (including phenoxy) is 1. The van der Waals surface area contributed by atoms with Gasteiger partial charge in [0.2, 0.25) is 5.91 Å². The number of hydrogen-bond acceptors (Lipinski definition) is 3. The molecule has 0 aromatic heterocycles. The predicted molar refractivity (Wildman–Crippen MR) is 91.3 cm³/mol. The van der Waals surface area contributed by atoms with Gasteiger partial charge in [-0.2, -0.15) is 0 Å². The minimum atomic E-state index is -0.922. The van der Waals surface area contributed by atoms with E-state index in [1.807, 2.05) is 49.4 Å². The van der Waals surface area contributed by atoms with Gasteiger partial charge < -0.3 is 14.7 Å². The molecule has 1 unspecified atom stereocenters. The third-order valence-electron chi connectivity index (χ3n) is 4.41. The molecular formula is C19H19NO4. The molecule has 24 heavy (non-hydrogen) atoms. The molecule has 1 saturated heterocycles. The largest absolute Gasteiger partial charge is 0.497 e. The highest BCUT2D eigenvalue weighted by Gasteiger charge is 2.34. The van der Waals surface area contributed by atoms with Crippen molar-refractivity contribution in [1.29, 1.82) is 0 Å². The van der Waals surface area contributed by atoms with Crippen molar-refractivity contribution in [3.63, 3.8) is 0 Å². The van der Waals surface area contributed by atoms with E-state index in [1.54, 1.807) is 12.0 Å². The van der Waals surface area contributed by atoms with Crippen molar-refractivity contribution in [3.8, 4) is 16.9 Å². The average molecular weight is 325 g/mol. The van der Waals surface area contributed by atoms with E-state index in [0.717, 1.165) is 28.1 Å². The number of anilines is 1. The average Bonchev–Trinajstić information content (AvgIpc) is 2.98. The Labute approximate surface area is 140 Å². The molecule has 0 aliphatic carbocycles. The minimum absolute atomic E-state index is 0.0616. The predicted octanol–water partition coefficient (Wildman–Crippen LogP) is 3.11. The zero-order valence-corrected chi connectivity index (χ0v) is 13.7. The molecule has 2 aromatic carbocycles. The highest BCUT2D eigenvalue weighted by atomic mass is 16.5. The molecular weight excluding hydrogens is 306 g/mol. The Balaban J connectivity index is 1.86. The summed E-state index contributed by atoms with van der Waals surface area (Å²) in [5.74, 6) is -0.904. The third kappa shape index (κ3) is 2.97. The van der Waals surface area contributed by atoms with Crippen molar-refractivity contribution in [1.82, 2.24) is 0 Å². The molecule has 1 N–H and O–H groups in total. The Hall–Kier alpha value is -2.82. The number of amides is 1. The molecule has 1 atom stereocenters. The van der Waals surface area contributed by atoms with Crippen LogP contribution in [-0.4, -0.2) is 30.6 Å². The Morgan fingerprint density at radius 3 is 2.50 bits per heavy atom. The monoisotopic (exact) mass is 325 g/mol. The Morgan fingerprint density at radius 1 is 1.21 bits per heavy atom.